The monoisotopic (exact) mass is 455 g/mol. The number of para-hydroxylation sites is 2. The zero-order valence-corrected chi connectivity index (χ0v) is 18.9. The second-order valence-electron chi connectivity index (χ2n) is 7.62. The first kappa shape index (κ1) is 25.3. The lowest BCUT2D eigenvalue weighted by Gasteiger charge is -2.33. The van der Waals surface area contributed by atoms with E-state index in [1.807, 2.05) is 32.0 Å². The molecule has 2 aromatic heterocycles. The molecule has 1 amide bonds. The van der Waals surface area contributed by atoms with Crippen LogP contribution in [-0.2, 0) is 16.6 Å². The van der Waals surface area contributed by atoms with Crippen molar-refractivity contribution in [3.8, 4) is 0 Å². The lowest BCUT2D eigenvalue weighted by atomic mass is 9.95. The largest absolute Gasteiger partial charge is 0.483 e. The summed E-state index contributed by atoms with van der Waals surface area (Å²) in [5.41, 5.74) is 10.3. The quantitative estimate of drug-likeness (QED) is 0.509. The molecule has 0 radical (unpaired) electrons. The summed E-state index contributed by atoms with van der Waals surface area (Å²) in [6.45, 7) is 5.10. The van der Waals surface area contributed by atoms with Crippen molar-refractivity contribution in [1.82, 2.24) is 14.5 Å². The Labute approximate surface area is 191 Å². The fourth-order valence-corrected chi connectivity index (χ4v) is 3.99. The van der Waals surface area contributed by atoms with Crippen LogP contribution in [0.4, 0.5) is 5.82 Å². The van der Waals surface area contributed by atoms with Crippen molar-refractivity contribution >= 4 is 35.7 Å². The lowest BCUT2D eigenvalue weighted by molar-refractivity contribution is -0.123. The van der Waals surface area contributed by atoms with Crippen LogP contribution < -0.4 is 10.6 Å². The van der Waals surface area contributed by atoms with Gasteiger partial charge in [0.05, 0.1) is 16.6 Å². The van der Waals surface area contributed by atoms with Gasteiger partial charge in [-0.05, 0) is 50.5 Å². The van der Waals surface area contributed by atoms with Crippen molar-refractivity contribution in [2.24, 2.45) is 12.8 Å². The molecule has 10 heteroatoms. The number of rotatable bonds is 3. The number of aryl methyl sites for hydroxylation is 3. The van der Waals surface area contributed by atoms with Crippen LogP contribution in [0.25, 0.3) is 11.0 Å². The van der Waals surface area contributed by atoms with Gasteiger partial charge in [0.2, 0.25) is 0 Å². The summed E-state index contributed by atoms with van der Waals surface area (Å²) in [7, 11) is 2.09. The van der Waals surface area contributed by atoms with Gasteiger partial charge in [0.1, 0.15) is 11.6 Å². The van der Waals surface area contributed by atoms with Gasteiger partial charge in [-0.25, -0.2) is 9.97 Å². The van der Waals surface area contributed by atoms with Crippen LogP contribution in [0, 0.1) is 13.8 Å². The normalized spacial score (nSPS) is 13.4. The first-order valence-corrected chi connectivity index (χ1v) is 10.4. The van der Waals surface area contributed by atoms with Crippen molar-refractivity contribution in [1.29, 1.82) is 0 Å². The molecule has 176 valence electrons. The van der Waals surface area contributed by atoms with Crippen LogP contribution >= 0.6 is 0 Å². The number of carboxylic acid groups (broad SMARTS) is 2. The Morgan fingerprint density at radius 2 is 1.67 bits per heavy atom. The molecule has 1 aliphatic rings. The second kappa shape index (κ2) is 11.6. The SMILES string of the molecule is Cc1cc(C(N)=O)c(N2CCC(c3nc4ccccc4n3C)CC2)nc1C.O=CO.O=CO. The Morgan fingerprint density at radius 3 is 2.21 bits per heavy atom. The summed E-state index contributed by atoms with van der Waals surface area (Å²) in [5.74, 6) is 1.84. The number of benzene rings is 1. The molecular weight excluding hydrogens is 426 g/mol. The number of pyridine rings is 1. The van der Waals surface area contributed by atoms with Gasteiger partial charge >= 0.3 is 0 Å². The third-order valence-electron chi connectivity index (χ3n) is 5.69. The van der Waals surface area contributed by atoms with Crippen LogP contribution in [0.3, 0.4) is 0 Å². The van der Waals surface area contributed by atoms with Crippen LogP contribution in [0.1, 0.15) is 46.2 Å². The van der Waals surface area contributed by atoms with E-state index in [-0.39, 0.29) is 12.9 Å². The van der Waals surface area contributed by atoms with E-state index in [2.05, 4.69) is 33.6 Å². The summed E-state index contributed by atoms with van der Waals surface area (Å²) < 4.78 is 2.21. The number of aromatic nitrogens is 3. The van der Waals surface area contributed by atoms with E-state index in [9.17, 15) is 4.79 Å². The number of hydrogen-bond acceptors (Lipinski definition) is 6. The van der Waals surface area contributed by atoms with E-state index < -0.39 is 5.91 Å². The van der Waals surface area contributed by atoms with Crippen molar-refractivity contribution < 1.29 is 24.6 Å². The third kappa shape index (κ3) is 5.85. The number of piperidine rings is 1. The van der Waals surface area contributed by atoms with Gasteiger partial charge in [0.25, 0.3) is 18.9 Å². The standard InChI is InChI=1S/C21H25N5O.2CH2O2/c1-13-12-16(19(22)27)21(23-14(13)2)26-10-8-15(9-11-26)20-24-17-6-4-5-7-18(17)25(20)3;2*2-1-3/h4-7,12,15H,8-11H2,1-3H3,(H2,22,27);2*1H,(H,2,3). The molecule has 0 saturated carbocycles. The summed E-state index contributed by atoms with van der Waals surface area (Å²) >= 11 is 0. The lowest BCUT2D eigenvalue weighted by Crippen LogP contribution is -2.36. The smallest absolute Gasteiger partial charge is 0.290 e. The topological polar surface area (TPSA) is 152 Å². The van der Waals surface area contributed by atoms with E-state index in [0.29, 0.717) is 17.3 Å². The van der Waals surface area contributed by atoms with Gasteiger partial charge in [-0.2, -0.15) is 0 Å². The highest BCUT2D eigenvalue weighted by Crippen LogP contribution is 2.32. The number of carbonyl (C=O) groups excluding carboxylic acids is 1. The number of carbonyl (C=O) groups is 3. The highest BCUT2D eigenvalue weighted by molar-refractivity contribution is 5.98. The third-order valence-corrected chi connectivity index (χ3v) is 5.69. The zero-order chi connectivity index (χ0) is 24.5. The molecule has 0 bridgehead atoms. The molecule has 0 unspecified atom stereocenters. The summed E-state index contributed by atoms with van der Waals surface area (Å²) in [5, 5.41) is 13.8. The van der Waals surface area contributed by atoms with Crippen molar-refractivity contribution in [2.75, 3.05) is 18.0 Å². The van der Waals surface area contributed by atoms with Crippen molar-refractivity contribution in [3.63, 3.8) is 0 Å². The van der Waals surface area contributed by atoms with Gasteiger partial charge in [-0.3, -0.25) is 14.4 Å². The van der Waals surface area contributed by atoms with Crippen LogP contribution in [0.15, 0.2) is 30.3 Å². The molecule has 33 heavy (non-hydrogen) atoms. The minimum atomic E-state index is -0.418. The zero-order valence-electron chi connectivity index (χ0n) is 18.9. The van der Waals surface area contributed by atoms with Crippen LogP contribution in [-0.4, -0.2) is 56.7 Å². The summed E-state index contributed by atoms with van der Waals surface area (Å²) in [4.78, 5) is 40.3. The van der Waals surface area contributed by atoms with Gasteiger partial charge < -0.3 is 25.4 Å². The molecule has 0 spiro atoms. The Hall–Kier alpha value is -3.95. The molecule has 4 N–H and O–H groups in total. The number of imidazole rings is 1. The first-order valence-electron chi connectivity index (χ1n) is 10.4. The number of fused-ring (bicyclic) bond motifs is 1. The molecule has 1 aromatic carbocycles. The Morgan fingerprint density at radius 1 is 1.09 bits per heavy atom. The average molecular weight is 456 g/mol. The molecule has 0 atom stereocenters. The maximum Gasteiger partial charge on any atom is 0.290 e. The van der Waals surface area contributed by atoms with E-state index in [4.69, 9.17) is 30.5 Å². The van der Waals surface area contributed by atoms with E-state index in [1.54, 1.807) is 0 Å². The highest BCUT2D eigenvalue weighted by Gasteiger charge is 2.27. The van der Waals surface area contributed by atoms with E-state index >= 15 is 0 Å². The Bertz CT molecular complexity index is 1110. The summed E-state index contributed by atoms with van der Waals surface area (Å²) in [6, 6.07) is 10.1. The maximum absolute atomic E-state index is 11.9. The van der Waals surface area contributed by atoms with Crippen molar-refractivity contribution in [2.45, 2.75) is 32.6 Å². The molecule has 3 aromatic rings. The van der Waals surface area contributed by atoms with E-state index in [1.165, 1.54) is 5.52 Å². The van der Waals surface area contributed by atoms with Gasteiger partial charge in [-0.1, -0.05) is 12.1 Å². The van der Waals surface area contributed by atoms with Crippen molar-refractivity contribution in [3.05, 3.63) is 53.0 Å². The van der Waals surface area contributed by atoms with Gasteiger partial charge in [0.15, 0.2) is 0 Å². The first-order chi connectivity index (χ1) is 15.8. The molecule has 3 heterocycles. The predicted molar refractivity (Wildman–Crippen MR) is 125 cm³/mol. The van der Waals surface area contributed by atoms with Crippen LogP contribution in [0.2, 0.25) is 0 Å². The molecular formula is C23H29N5O5. The summed E-state index contributed by atoms with van der Waals surface area (Å²) in [6.07, 6.45) is 1.95. The number of amides is 1. The van der Waals surface area contributed by atoms with Gasteiger partial charge in [0, 0.05) is 31.7 Å². The second-order valence-corrected chi connectivity index (χ2v) is 7.62. The fraction of sp³-hybridized carbons (Fsp3) is 0.348. The fourth-order valence-electron chi connectivity index (χ4n) is 3.99. The molecule has 1 saturated heterocycles. The number of nitrogens with zero attached hydrogens (tertiary/aromatic N) is 4. The molecule has 0 aliphatic carbocycles. The average Bonchev–Trinajstić information content (AvgIpc) is 3.13. The maximum atomic E-state index is 11.9. The minimum absolute atomic E-state index is 0.250. The van der Waals surface area contributed by atoms with Gasteiger partial charge in [-0.15, -0.1) is 0 Å². The molecule has 10 nitrogen and oxygen atoms in total. The van der Waals surface area contributed by atoms with E-state index in [0.717, 1.165) is 48.5 Å². The Kier molecular flexibility index (Phi) is 8.90. The Balaban J connectivity index is 0.000000582. The molecule has 4 rings (SSSR count). The van der Waals surface area contributed by atoms with Crippen LogP contribution in [0.5, 0.6) is 0 Å². The number of anilines is 1. The number of primary amides is 1. The number of hydrogen-bond donors (Lipinski definition) is 3. The number of nitrogens with two attached hydrogens (primary N) is 1. The minimum Gasteiger partial charge on any atom is -0.483 e. The highest BCUT2D eigenvalue weighted by atomic mass is 16.3. The molecule has 1 aliphatic heterocycles. The molecule has 1 fully saturated rings. The predicted octanol–water partition coefficient (Wildman–Crippen LogP) is 2.47.